The standard InChI is InChI=1S/C47H28N2O/c1-3-15-29(16-4-1)31-27-38(30-17-5-2-6-18-30)48-41(28-31)49-39-25-13-11-23-36(39)44-42-34-21-9-7-19-32(34)33-20-8-10-22-35(33)43(42)45-37-24-12-14-26-40(37)50-47(45)46(44)49/h1-28H. The third-order valence-corrected chi connectivity index (χ3v) is 10.3. The molecule has 3 aromatic heterocycles. The molecule has 0 aliphatic carbocycles. The molecule has 0 N–H and O–H groups in total. The molecule has 8 aromatic carbocycles. The molecule has 0 aliphatic rings. The predicted molar refractivity (Wildman–Crippen MR) is 209 cm³/mol. The van der Waals surface area contributed by atoms with Crippen LogP contribution in [0.25, 0.3) is 104 Å². The molecule has 0 aliphatic heterocycles. The van der Waals surface area contributed by atoms with Gasteiger partial charge in [-0.05, 0) is 56.9 Å². The molecule has 0 radical (unpaired) electrons. The van der Waals surface area contributed by atoms with Gasteiger partial charge in [-0.25, -0.2) is 4.98 Å². The maximum Gasteiger partial charge on any atom is 0.160 e. The Morgan fingerprint density at radius 2 is 0.940 bits per heavy atom. The Bertz CT molecular complexity index is 3080. The number of pyridine rings is 1. The van der Waals surface area contributed by atoms with Crippen molar-refractivity contribution in [1.29, 1.82) is 0 Å². The van der Waals surface area contributed by atoms with Crippen LogP contribution < -0.4 is 0 Å². The molecule has 0 bridgehead atoms. The van der Waals surface area contributed by atoms with Crippen LogP contribution in [0.15, 0.2) is 174 Å². The summed E-state index contributed by atoms with van der Waals surface area (Å²) < 4.78 is 9.35. The molecule has 0 spiro atoms. The van der Waals surface area contributed by atoms with E-state index in [0.29, 0.717) is 0 Å². The van der Waals surface area contributed by atoms with Crippen LogP contribution in [0.1, 0.15) is 0 Å². The minimum Gasteiger partial charge on any atom is -0.454 e. The highest BCUT2D eigenvalue weighted by Crippen LogP contribution is 2.50. The van der Waals surface area contributed by atoms with Gasteiger partial charge < -0.3 is 4.42 Å². The molecule has 0 amide bonds. The van der Waals surface area contributed by atoms with Crippen LogP contribution in [0.2, 0.25) is 0 Å². The van der Waals surface area contributed by atoms with E-state index in [9.17, 15) is 0 Å². The highest BCUT2D eigenvalue weighted by Gasteiger charge is 2.26. The number of rotatable bonds is 3. The van der Waals surface area contributed by atoms with Gasteiger partial charge in [-0.15, -0.1) is 0 Å². The zero-order valence-corrected chi connectivity index (χ0v) is 27.0. The summed E-state index contributed by atoms with van der Waals surface area (Å²) in [6.07, 6.45) is 0. The Balaban J connectivity index is 1.42. The summed E-state index contributed by atoms with van der Waals surface area (Å²) in [4.78, 5) is 5.45. The van der Waals surface area contributed by atoms with Gasteiger partial charge in [0.25, 0.3) is 0 Å². The van der Waals surface area contributed by atoms with Gasteiger partial charge in [-0.1, -0.05) is 146 Å². The fraction of sp³-hybridized carbons (Fsp3) is 0. The lowest BCUT2D eigenvalue weighted by Gasteiger charge is -2.15. The first-order valence-corrected chi connectivity index (χ1v) is 17.1. The molecular weight excluding hydrogens is 609 g/mol. The second kappa shape index (κ2) is 10.4. The van der Waals surface area contributed by atoms with E-state index in [4.69, 9.17) is 9.40 Å². The molecule has 11 rings (SSSR count). The normalized spacial score (nSPS) is 12.0. The molecule has 11 aromatic rings. The lowest BCUT2D eigenvalue weighted by atomic mass is 9.89. The van der Waals surface area contributed by atoms with Crippen molar-refractivity contribution >= 4 is 76.1 Å². The average molecular weight is 637 g/mol. The van der Waals surface area contributed by atoms with Gasteiger partial charge in [0.1, 0.15) is 11.4 Å². The van der Waals surface area contributed by atoms with Crippen molar-refractivity contribution in [3.63, 3.8) is 0 Å². The third-order valence-electron chi connectivity index (χ3n) is 10.3. The van der Waals surface area contributed by atoms with Crippen molar-refractivity contribution in [3.05, 3.63) is 170 Å². The van der Waals surface area contributed by atoms with Crippen molar-refractivity contribution in [2.45, 2.75) is 0 Å². The summed E-state index contributed by atoms with van der Waals surface area (Å²) >= 11 is 0. The van der Waals surface area contributed by atoms with E-state index < -0.39 is 0 Å². The Kier molecular flexibility index (Phi) is 5.67. The summed E-state index contributed by atoms with van der Waals surface area (Å²) in [5, 5.41) is 12.0. The Hall–Kier alpha value is -6.71. The molecule has 232 valence electrons. The van der Waals surface area contributed by atoms with Crippen molar-refractivity contribution < 1.29 is 4.42 Å². The van der Waals surface area contributed by atoms with E-state index in [1.165, 1.54) is 43.1 Å². The molecular formula is C47H28N2O. The maximum absolute atomic E-state index is 7.01. The van der Waals surface area contributed by atoms with Crippen molar-refractivity contribution in [3.8, 4) is 28.2 Å². The zero-order chi connectivity index (χ0) is 32.8. The first-order valence-electron chi connectivity index (χ1n) is 17.1. The second-order valence-corrected chi connectivity index (χ2v) is 13.1. The lowest BCUT2D eigenvalue weighted by molar-refractivity contribution is 0.671. The van der Waals surface area contributed by atoms with Crippen molar-refractivity contribution in [2.75, 3.05) is 0 Å². The fourth-order valence-electron chi connectivity index (χ4n) is 8.25. The van der Waals surface area contributed by atoms with Crippen LogP contribution in [-0.4, -0.2) is 9.55 Å². The summed E-state index contributed by atoms with van der Waals surface area (Å²) in [6.45, 7) is 0. The molecule has 3 heterocycles. The third kappa shape index (κ3) is 3.77. The number of para-hydroxylation sites is 2. The molecule has 0 atom stereocenters. The van der Waals surface area contributed by atoms with E-state index in [1.54, 1.807) is 0 Å². The Morgan fingerprint density at radius 3 is 1.64 bits per heavy atom. The van der Waals surface area contributed by atoms with E-state index in [1.807, 2.05) is 0 Å². The minimum absolute atomic E-state index is 0.850. The monoisotopic (exact) mass is 636 g/mol. The predicted octanol–water partition coefficient (Wildman–Crippen LogP) is 12.9. The van der Waals surface area contributed by atoms with Crippen molar-refractivity contribution in [1.82, 2.24) is 9.55 Å². The molecule has 3 nitrogen and oxygen atoms in total. The van der Waals surface area contributed by atoms with Gasteiger partial charge >= 0.3 is 0 Å². The second-order valence-electron chi connectivity index (χ2n) is 13.1. The van der Waals surface area contributed by atoms with E-state index >= 15 is 0 Å². The van der Waals surface area contributed by atoms with Gasteiger partial charge in [0.2, 0.25) is 0 Å². The maximum atomic E-state index is 7.01. The van der Waals surface area contributed by atoms with Crippen LogP contribution in [0.4, 0.5) is 0 Å². The molecule has 0 saturated heterocycles. The van der Waals surface area contributed by atoms with Crippen molar-refractivity contribution in [2.24, 2.45) is 0 Å². The first kappa shape index (κ1) is 27.3. The summed E-state index contributed by atoms with van der Waals surface area (Å²) in [5.74, 6) is 0.850. The van der Waals surface area contributed by atoms with Gasteiger partial charge in [0.15, 0.2) is 5.58 Å². The largest absolute Gasteiger partial charge is 0.454 e. The zero-order valence-electron chi connectivity index (χ0n) is 27.0. The van der Waals surface area contributed by atoms with Gasteiger partial charge in [-0.3, -0.25) is 4.57 Å². The number of fused-ring (bicyclic) bond motifs is 15. The lowest BCUT2D eigenvalue weighted by Crippen LogP contribution is -2.00. The van der Waals surface area contributed by atoms with Gasteiger partial charge in [0.05, 0.1) is 16.7 Å². The van der Waals surface area contributed by atoms with Gasteiger partial charge in [0, 0.05) is 37.9 Å². The average Bonchev–Trinajstić information content (AvgIpc) is 3.75. The molecule has 0 fully saturated rings. The van der Waals surface area contributed by atoms with Crippen LogP contribution in [0.5, 0.6) is 0 Å². The Morgan fingerprint density at radius 1 is 0.400 bits per heavy atom. The first-order chi connectivity index (χ1) is 24.8. The summed E-state index contributed by atoms with van der Waals surface area (Å²) in [5.41, 5.74) is 8.12. The topological polar surface area (TPSA) is 31.0 Å². The molecule has 3 heteroatoms. The number of aromatic nitrogens is 2. The minimum atomic E-state index is 0.850. The highest BCUT2D eigenvalue weighted by molar-refractivity contribution is 6.44. The van der Waals surface area contributed by atoms with E-state index in [0.717, 1.165) is 61.2 Å². The smallest absolute Gasteiger partial charge is 0.160 e. The van der Waals surface area contributed by atoms with E-state index in [-0.39, 0.29) is 0 Å². The summed E-state index contributed by atoms with van der Waals surface area (Å²) in [6, 6.07) is 60.4. The number of benzene rings is 8. The van der Waals surface area contributed by atoms with E-state index in [2.05, 4.69) is 174 Å². The molecule has 0 saturated carbocycles. The highest BCUT2D eigenvalue weighted by atomic mass is 16.3. The number of furan rings is 1. The Labute approximate surface area is 287 Å². The van der Waals surface area contributed by atoms with Gasteiger partial charge in [-0.2, -0.15) is 0 Å². The SMILES string of the molecule is c1ccc(-c2cc(-c3ccccc3)nc(-n3c4ccccc4c4c5c6ccccc6c6ccccc6c5c5c6ccccc6oc5c43)c2)cc1. The quantitative estimate of drug-likeness (QED) is 0.181. The number of nitrogens with zero attached hydrogens (tertiary/aromatic N) is 2. The summed E-state index contributed by atoms with van der Waals surface area (Å²) in [7, 11) is 0. The van der Waals surface area contributed by atoms with Crippen LogP contribution in [0, 0.1) is 0 Å². The molecule has 0 unspecified atom stereocenters. The van der Waals surface area contributed by atoms with Crippen LogP contribution in [0.3, 0.4) is 0 Å². The molecule has 50 heavy (non-hydrogen) atoms. The fourth-order valence-corrected chi connectivity index (χ4v) is 8.25. The van der Waals surface area contributed by atoms with Crippen LogP contribution >= 0.6 is 0 Å². The van der Waals surface area contributed by atoms with Crippen LogP contribution in [-0.2, 0) is 0 Å². The number of hydrogen-bond acceptors (Lipinski definition) is 2. The number of hydrogen-bond donors (Lipinski definition) is 0.